The van der Waals surface area contributed by atoms with E-state index in [0.717, 1.165) is 10.5 Å². The van der Waals surface area contributed by atoms with Gasteiger partial charge in [-0.25, -0.2) is 13.6 Å². The second-order valence-corrected chi connectivity index (χ2v) is 5.90. The van der Waals surface area contributed by atoms with Gasteiger partial charge in [-0.05, 0) is 19.4 Å². The van der Waals surface area contributed by atoms with Crippen LogP contribution in [0.4, 0.5) is 13.6 Å². The summed E-state index contributed by atoms with van der Waals surface area (Å²) in [5, 5.41) is 9.97. The number of hydrogen-bond acceptors (Lipinski definition) is 3. The average molecular weight is 299 g/mol. The Morgan fingerprint density at radius 3 is 2.62 bits per heavy atom. The Bertz CT molecular complexity index is 499. The molecule has 1 heterocycles. The Labute approximate surface area is 122 Å². The van der Waals surface area contributed by atoms with Crippen molar-refractivity contribution in [2.45, 2.75) is 44.4 Å². The number of carbonyl (C=O) groups excluding carboxylic acids is 1. The molecule has 21 heavy (non-hydrogen) atoms. The van der Waals surface area contributed by atoms with E-state index in [2.05, 4.69) is 0 Å². The highest BCUT2D eigenvalue weighted by Gasteiger charge is 2.52. The van der Waals surface area contributed by atoms with Crippen LogP contribution < -0.4 is 0 Å². The third-order valence-electron chi connectivity index (χ3n) is 3.52. The lowest BCUT2D eigenvalue weighted by atomic mass is 9.96. The molecule has 0 spiro atoms. The Morgan fingerprint density at radius 1 is 1.43 bits per heavy atom. The van der Waals surface area contributed by atoms with Gasteiger partial charge in [0.2, 0.25) is 0 Å². The van der Waals surface area contributed by atoms with Crippen LogP contribution in [-0.2, 0) is 11.3 Å². The Balaban J connectivity index is 2.03. The van der Waals surface area contributed by atoms with Gasteiger partial charge >= 0.3 is 6.09 Å². The van der Waals surface area contributed by atoms with Crippen molar-refractivity contribution in [2.24, 2.45) is 0 Å². The molecule has 1 saturated heterocycles. The summed E-state index contributed by atoms with van der Waals surface area (Å²) in [5.41, 5.74) is -0.636. The zero-order chi connectivity index (χ0) is 15.7. The number of aliphatic hydroxyl groups is 1. The molecule has 1 aliphatic heterocycles. The third-order valence-corrected chi connectivity index (χ3v) is 3.52. The minimum atomic E-state index is -3.00. The molecule has 1 amide bonds. The van der Waals surface area contributed by atoms with Gasteiger partial charge in [-0.1, -0.05) is 30.3 Å². The fraction of sp³-hybridized carbons (Fsp3) is 0.533. The van der Waals surface area contributed by atoms with E-state index in [1.165, 1.54) is 13.8 Å². The number of amides is 1. The van der Waals surface area contributed by atoms with E-state index in [0.29, 0.717) is 0 Å². The molecular weight excluding hydrogens is 280 g/mol. The van der Waals surface area contributed by atoms with Crippen LogP contribution in [0, 0.1) is 0 Å². The molecule has 0 bridgehead atoms. The summed E-state index contributed by atoms with van der Waals surface area (Å²) in [7, 11) is 0. The van der Waals surface area contributed by atoms with Gasteiger partial charge in [-0.15, -0.1) is 0 Å². The van der Waals surface area contributed by atoms with Crippen molar-refractivity contribution in [2.75, 3.05) is 6.54 Å². The first-order valence-electron chi connectivity index (χ1n) is 6.76. The maximum absolute atomic E-state index is 13.5. The topological polar surface area (TPSA) is 49.8 Å². The molecule has 0 radical (unpaired) electrons. The smallest absolute Gasteiger partial charge is 0.410 e. The van der Waals surface area contributed by atoms with E-state index in [4.69, 9.17) is 4.74 Å². The maximum atomic E-state index is 13.5. The standard InChI is InChI=1S/C15H19F2NO3/c1-14(2,20)12-8-15(16,17)10-18(12)13(19)21-9-11-6-4-3-5-7-11/h3-7,12,20H,8-10H2,1-2H3/t12-/m0/s1. The molecule has 1 fully saturated rings. The summed E-state index contributed by atoms with van der Waals surface area (Å²) < 4.78 is 32.1. The molecule has 0 aromatic heterocycles. The van der Waals surface area contributed by atoms with Gasteiger partial charge in [0.15, 0.2) is 0 Å². The van der Waals surface area contributed by atoms with Crippen LogP contribution in [0.3, 0.4) is 0 Å². The van der Waals surface area contributed by atoms with Crippen molar-refractivity contribution in [1.82, 2.24) is 4.90 Å². The molecule has 1 aromatic carbocycles. The number of halogens is 2. The molecule has 0 saturated carbocycles. The highest BCUT2D eigenvalue weighted by molar-refractivity contribution is 5.69. The van der Waals surface area contributed by atoms with Gasteiger partial charge in [0.25, 0.3) is 5.92 Å². The van der Waals surface area contributed by atoms with Crippen LogP contribution in [0.15, 0.2) is 30.3 Å². The average Bonchev–Trinajstić information content (AvgIpc) is 2.73. The zero-order valence-electron chi connectivity index (χ0n) is 12.1. The molecule has 4 nitrogen and oxygen atoms in total. The Morgan fingerprint density at radius 2 is 2.05 bits per heavy atom. The largest absolute Gasteiger partial charge is 0.445 e. The van der Waals surface area contributed by atoms with Gasteiger partial charge in [-0.2, -0.15) is 0 Å². The number of nitrogens with zero attached hydrogens (tertiary/aromatic N) is 1. The van der Waals surface area contributed by atoms with E-state index in [1.807, 2.05) is 6.07 Å². The highest BCUT2D eigenvalue weighted by Crippen LogP contribution is 2.37. The molecule has 0 unspecified atom stereocenters. The highest BCUT2D eigenvalue weighted by atomic mass is 19.3. The maximum Gasteiger partial charge on any atom is 0.410 e. The molecule has 1 N–H and O–H groups in total. The predicted octanol–water partition coefficient (Wildman–Crippen LogP) is 2.80. The minimum Gasteiger partial charge on any atom is -0.445 e. The minimum absolute atomic E-state index is 0.0142. The van der Waals surface area contributed by atoms with Crippen molar-refractivity contribution in [1.29, 1.82) is 0 Å². The molecule has 1 atom stereocenters. The second kappa shape index (κ2) is 5.60. The summed E-state index contributed by atoms with van der Waals surface area (Å²) in [6, 6.07) is 8.02. The fourth-order valence-corrected chi connectivity index (χ4v) is 2.44. The number of benzene rings is 1. The molecule has 2 rings (SSSR count). The lowest BCUT2D eigenvalue weighted by molar-refractivity contribution is -0.00932. The third kappa shape index (κ3) is 3.91. The van der Waals surface area contributed by atoms with Gasteiger partial charge in [0.1, 0.15) is 6.61 Å². The van der Waals surface area contributed by atoms with E-state index in [-0.39, 0.29) is 6.61 Å². The first kappa shape index (κ1) is 15.7. The first-order chi connectivity index (χ1) is 9.69. The first-order valence-corrected chi connectivity index (χ1v) is 6.76. The van der Waals surface area contributed by atoms with Crippen LogP contribution in [0.5, 0.6) is 0 Å². The SMILES string of the molecule is CC(C)(O)[C@@H]1CC(F)(F)CN1C(=O)OCc1ccccc1. The van der Waals surface area contributed by atoms with Crippen molar-refractivity contribution in [3.8, 4) is 0 Å². The summed E-state index contributed by atoms with van der Waals surface area (Å²) in [6.45, 7) is 2.11. The number of alkyl halides is 2. The van der Waals surface area contributed by atoms with E-state index < -0.39 is 36.6 Å². The lowest BCUT2D eigenvalue weighted by Gasteiger charge is -2.32. The molecule has 6 heteroatoms. The quantitative estimate of drug-likeness (QED) is 0.933. The van der Waals surface area contributed by atoms with Gasteiger partial charge in [-0.3, -0.25) is 4.90 Å². The van der Waals surface area contributed by atoms with Crippen molar-refractivity contribution in [3.05, 3.63) is 35.9 Å². The van der Waals surface area contributed by atoms with Gasteiger partial charge in [0.05, 0.1) is 18.2 Å². The van der Waals surface area contributed by atoms with E-state index in [1.54, 1.807) is 24.3 Å². The van der Waals surface area contributed by atoms with E-state index >= 15 is 0 Å². The van der Waals surface area contributed by atoms with Crippen molar-refractivity contribution < 1.29 is 23.4 Å². The number of carbonyl (C=O) groups is 1. The molecular formula is C15H19F2NO3. The van der Waals surface area contributed by atoms with Crippen molar-refractivity contribution >= 4 is 6.09 Å². The Hall–Kier alpha value is -1.69. The lowest BCUT2D eigenvalue weighted by Crippen LogP contribution is -2.48. The van der Waals surface area contributed by atoms with Gasteiger partial charge < -0.3 is 9.84 Å². The summed E-state index contributed by atoms with van der Waals surface area (Å²) in [4.78, 5) is 12.9. The van der Waals surface area contributed by atoms with Crippen LogP contribution in [0.25, 0.3) is 0 Å². The number of likely N-dealkylation sites (tertiary alicyclic amines) is 1. The summed E-state index contributed by atoms with van der Waals surface area (Å²) in [5.74, 6) is -3.00. The fourth-order valence-electron chi connectivity index (χ4n) is 2.44. The van der Waals surface area contributed by atoms with Crippen LogP contribution in [0.2, 0.25) is 0 Å². The predicted molar refractivity (Wildman–Crippen MR) is 73.0 cm³/mol. The summed E-state index contributed by atoms with van der Waals surface area (Å²) in [6.07, 6.45) is -1.39. The van der Waals surface area contributed by atoms with Crippen LogP contribution in [0.1, 0.15) is 25.8 Å². The Kier molecular flexibility index (Phi) is 4.18. The van der Waals surface area contributed by atoms with Crippen molar-refractivity contribution in [3.63, 3.8) is 0 Å². The zero-order valence-corrected chi connectivity index (χ0v) is 12.1. The normalized spacial score (nSPS) is 21.4. The van der Waals surface area contributed by atoms with Crippen LogP contribution in [-0.4, -0.2) is 40.2 Å². The molecule has 0 aliphatic carbocycles. The second-order valence-electron chi connectivity index (χ2n) is 5.90. The van der Waals surface area contributed by atoms with E-state index in [9.17, 15) is 18.7 Å². The summed E-state index contributed by atoms with van der Waals surface area (Å²) >= 11 is 0. The van der Waals surface area contributed by atoms with Crippen LogP contribution >= 0.6 is 0 Å². The number of rotatable bonds is 3. The molecule has 1 aromatic rings. The molecule has 1 aliphatic rings. The van der Waals surface area contributed by atoms with Gasteiger partial charge in [0, 0.05) is 6.42 Å². The number of ether oxygens (including phenoxy) is 1. The number of hydrogen-bond donors (Lipinski definition) is 1. The monoisotopic (exact) mass is 299 g/mol. The molecule has 116 valence electrons.